The zero-order chi connectivity index (χ0) is 32.9. The molecule has 0 rings (SSSR count). The minimum absolute atomic E-state index is 0.000682. The molecule has 0 aliphatic rings. The summed E-state index contributed by atoms with van der Waals surface area (Å²) < 4.78 is 5.96. The molecule has 0 aliphatic carbocycles. The van der Waals surface area contributed by atoms with Crippen molar-refractivity contribution in [2.24, 2.45) is 0 Å². The van der Waals surface area contributed by atoms with Crippen LogP contribution in [-0.4, -0.2) is 23.1 Å². The Hall–Kier alpha value is -1.32. The van der Waals surface area contributed by atoms with Crippen molar-refractivity contribution in [3.63, 3.8) is 0 Å². The summed E-state index contributed by atoms with van der Waals surface area (Å²) in [5.74, 6) is -0.699. The van der Waals surface area contributed by atoms with Crippen LogP contribution in [0.5, 0.6) is 0 Å². The van der Waals surface area contributed by atoms with E-state index in [0.717, 1.165) is 64.2 Å². The van der Waals surface area contributed by atoms with Crippen molar-refractivity contribution >= 4 is 11.9 Å². The highest BCUT2D eigenvalue weighted by molar-refractivity contribution is 5.69. The topological polar surface area (TPSA) is 63.6 Å². The summed E-state index contributed by atoms with van der Waals surface area (Å²) in [5.41, 5.74) is 0. The van der Waals surface area contributed by atoms with E-state index in [9.17, 15) is 9.59 Å². The molecule has 0 aliphatic heterocycles. The maximum absolute atomic E-state index is 12.6. The van der Waals surface area contributed by atoms with Crippen molar-refractivity contribution < 1.29 is 19.4 Å². The molecule has 0 amide bonds. The van der Waals surface area contributed by atoms with E-state index in [1.165, 1.54) is 141 Å². The highest BCUT2D eigenvalue weighted by atomic mass is 16.5. The third-order valence-corrected chi connectivity index (χ3v) is 9.24. The molecule has 4 heteroatoms. The Morgan fingerprint density at radius 2 is 0.800 bits per heavy atom. The largest absolute Gasteiger partial charge is 0.481 e. The molecule has 0 bridgehead atoms. The molecule has 0 saturated carbocycles. The Labute approximate surface area is 281 Å². The number of unbranched alkanes of at least 4 members (excludes halogenated alkanes) is 26. The third-order valence-electron chi connectivity index (χ3n) is 9.24. The van der Waals surface area contributed by atoms with Crippen molar-refractivity contribution in [2.75, 3.05) is 0 Å². The lowest BCUT2D eigenvalue weighted by molar-refractivity contribution is -0.150. The summed E-state index contributed by atoms with van der Waals surface area (Å²) in [6.07, 6.45) is 45.3. The lowest BCUT2D eigenvalue weighted by Gasteiger charge is -2.18. The van der Waals surface area contributed by atoms with Crippen LogP contribution in [0.15, 0.2) is 12.2 Å². The van der Waals surface area contributed by atoms with Crippen LogP contribution < -0.4 is 0 Å². The number of rotatable bonds is 37. The van der Waals surface area contributed by atoms with Gasteiger partial charge in [-0.3, -0.25) is 9.59 Å². The third kappa shape index (κ3) is 37.0. The first kappa shape index (κ1) is 43.7. The molecule has 0 fully saturated rings. The number of aliphatic carboxylic acids is 1. The molecule has 0 aromatic rings. The molecular weight excluding hydrogens is 556 g/mol. The van der Waals surface area contributed by atoms with Crippen LogP contribution in [0.25, 0.3) is 0 Å². The van der Waals surface area contributed by atoms with E-state index in [2.05, 4.69) is 26.0 Å². The van der Waals surface area contributed by atoms with Gasteiger partial charge in [0.2, 0.25) is 0 Å². The summed E-state index contributed by atoms with van der Waals surface area (Å²) in [6.45, 7) is 4.53. The van der Waals surface area contributed by atoms with Gasteiger partial charge in [-0.05, 0) is 64.2 Å². The molecule has 1 atom stereocenters. The average Bonchev–Trinajstić information content (AvgIpc) is 3.02. The number of carboxylic acids is 1. The van der Waals surface area contributed by atoms with Crippen molar-refractivity contribution in [3.05, 3.63) is 12.2 Å². The van der Waals surface area contributed by atoms with Crippen molar-refractivity contribution in [2.45, 2.75) is 238 Å². The first-order chi connectivity index (χ1) is 22.1. The molecule has 1 N–H and O–H groups in total. The fourth-order valence-electron chi connectivity index (χ4n) is 6.24. The van der Waals surface area contributed by atoms with Crippen LogP contribution in [-0.2, 0) is 14.3 Å². The Balaban J connectivity index is 3.74. The lowest BCUT2D eigenvalue weighted by Crippen LogP contribution is -2.18. The van der Waals surface area contributed by atoms with Gasteiger partial charge in [0.1, 0.15) is 6.10 Å². The summed E-state index contributed by atoms with van der Waals surface area (Å²) >= 11 is 0. The quantitative estimate of drug-likeness (QED) is 0.0419. The van der Waals surface area contributed by atoms with Gasteiger partial charge in [-0.15, -0.1) is 0 Å². The standard InChI is InChI=1S/C41H78O4/c1-3-5-7-9-11-12-13-14-15-16-17-18-19-20-21-22-23-24-25-30-34-38-41(44)45-39(35-31-27-10-8-6-4-2)36-32-28-26-29-33-37-40(42)43/h14-15,39H,3-13,16-38H2,1-2H3,(H,42,43)/b15-14-. The summed E-state index contributed by atoms with van der Waals surface area (Å²) in [6, 6.07) is 0. The van der Waals surface area contributed by atoms with Crippen molar-refractivity contribution in [3.8, 4) is 0 Å². The van der Waals surface area contributed by atoms with E-state index in [1.54, 1.807) is 0 Å². The molecule has 266 valence electrons. The van der Waals surface area contributed by atoms with E-state index in [0.29, 0.717) is 6.42 Å². The zero-order valence-corrected chi connectivity index (χ0v) is 30.4. The molecule has 4 nitrogen and oxygen atoms in total. The number of hydrogen-bond donors (Lipinski definition) is 1. The number of carboxylic acid groups (broad SMARTS) is 1. The predicted octanol–water partition coefficient (Wildman–Crippen LogP) is 13.8. The van der Waals surface area contributed by atoms with Gasteiger partial charge in [0, 0.05) is 12.8 Å². The number of ether oxygens (including phenoxy) is 1. The van der Waals surface area contributed by atoms with E-state index in [-0.39, 0.29) is 18.5 Å². The van der Waals surface area contributed by atoms with Crippen LogP contribution in [0.4, 0.5) is 0 Å². The average molecular weight is 635 g/mol. The Morgan fingerprint density at radius 1 is 0.467 bits per heavy atom. The van der Waals surface area contributed by atoms with Gasteiger partial charge in [0.15, 0.2) is 0 Å². The van der Waals surface area contributed by atoms with Crippen LogP contribution in [0.3, 0.4) is 0 Å². The Kier molecular flexibility index (Phi) is 36.1. The van der Waals surface area contributed by atoms with Gasteiger partial charge in [0.25, 0.3) is 0 Å². The van der Waals surface area contributed by atoms with E-state index in [1.807, 2.05) is 0 Å². The number of hydrogen-bond acceptors (Lipinski definition) is 3. The SMILES string of the molecule is CCCCCCCC/C=C\CCCCCCCCCCCCCC(=O)OC(CCCCCCCC)CCCCCCCC(=O)O. The van der Waals surface area contributed by atoms with Crippen LogP contribution in [0, 0.1) is 0 Å². The molecule has 0 saturated heterocycles. The van der Waals surface area contributed by atoms with Crippen LogP contribution in [0.1, 0.15) is 232 Å². The highest BCUT2D eigenvalue weighted by Crippen LogP contribution is 2.19. The van der Waals surface area contributed by atoms with Gasteiger partial charge in [-0.2, -0.15) is 0 Å². The monoisotopic (exact) mass is 635 g/mol. The fraction of sp³-hybridized carbons (Fsp3) is 0.902. The van der Waals surface area contributed by atoms with Gasteiger partial charge < -0.3 is 9.84 Å². The van der Waals surface area contributed by atoms with E-state index in [4.69, 9.17) is 9.84 Å². The molecule has 1 unspecified atom stereocenters. The number of carbonyl (C=O) groups is 2. The molecule has 0 heterocycles. The maximum Gasteiger partial charge on any atom is 0.306 e. The lowest BCUT2D eigenvalue weighted by atomic mass is 10.0. The second-order valence-electron chi connectivity index (χ2n) is 13.8. The van der Waals surface area contributed by atoms with Crippen molar-refractivity contribution in [1.82, 2.24) is 0 Å². The molecule has 0 radical (unpaired) electrons. The second kappa shape index (κ2) is 37.1. The van der Waals surface area contributed by atoms with Gasteiger partial charge in [-0.1, -0.05) is 167 Å². The minimum Gasteiger partial charge on any atom is -0.481 e. The zero-order valence-electron chi connectivity index (χ0n) is 30.4. The smallest absolute Gasteiger partial charge is 0.306 e. The molecule has 0 aromatic carbocycles. The van der Waals surface area contributed by atoms with E-state index >= 15 is 0 Å². The number of allylic oxidation sites excluding steroid dienone is 2. The second-order valence-corrected chi connectivity index (χ2v) is 13.8. The van der Waals surface area contributed by atoms with Gasteiger partial charge in [0.05, 0.1) is 0 Å². The number of esters is 1. The predicted molar refractivity (Wildman–Crippen MR) is 195 cm³/mol. The highest BCUT2D eigenvalue weighted by Gasteiger charge is 2.14. The Bertz CT molecular complexity index is 643. The minimum atomic E-state index is -0.699. The van der Waals surface area contributed by atoms with Crippen molar-refractivity contribution in [1.29, 1.82) is 0 Å². The maximum atomic E-state index is 12.6. The molecule has 0 aromatic heterocycles. The summed E-state index contributed by atoms with van der Waals surface area (Å²) in [5, 5.41) is 8.78. The van der Waals surface area contributed by atoms with Gasteiger partial charge in [-0.25, -0.2) is 0 Å². The van der Waals surface area contributed by atoms with Gasteiger partial charge >= 0.3 is 11.9 Å². The molecule has 45 heavy (non-hydrogen) atoms. The first-order valence-electron chi connectivity index (χ1n) is 20.2. The van der Waals surface area contributed by atoms with E-state index < -0.39 is 5.97 Å². The Morgan fingerprint density at radius 3 is 1.20 bits per heavy atom. The van der Waals surface area contributed by atoms with Crippen LogP contribution >= 0.6 is 0 Å². The molecule has 0 spiro atoms. The normalized spacial score (nSPS) is 12.2. The van der Waals surface area contributed by atoms with Crippen LogP contribution in [0.2, 0.25) is 0 Å². The fourth-order valence-corrected chi connectivity index (χ4v) is 6.24. The first-order valence-corrected chi connectivity index (χ1v) is 20.2. The number of carbonyl (C=O) groups excluding carboxylic acids is 1. The summed E-state index contributed by atoms with van der Waals surface area (Å²) in [4.78, 5) is 23.3. The molecular formula is C41H78O4. The summed E-state index contributed by atoms with van der Waals surface area (Å²) in [7, 11) is 0.